The minimum absolute atomic E-state index is 0.0275. The van der Waals surface area contributed by atoms with Crippen LogP contribution in [0.15, 0.2) is 16.5 Å². The number of hydrogen-bond donors (Lipinski definition) is 2. The van der Waals surface area contributed by atoms with Crippen LogP contribution in [-0.4, -0.2) is 5.84 Å². The van der Waals surface area contributed by atoms with Crippen molar-refractivity contribution in [3.05, 3.63) is 23.7 Å². The lowest BCUT2D eigenvalue weighted by molar-refractivity contribution is 0.121. The Morgan fingerprint density at radius 1 is 1.55 bits per heavy atom. The molecule has 1 aromatic rings. The molecule has 0 spiro atoms. The number of nitrogens with two attached hydrogens (primary N) is 1. The van der Waals surface area contributed by atoms with Crippen LogP contribution >= 0.6 is 0 Å². The van der Waals surface area contributed by atoms with E-state index in [2.05, 4.69) is 4.42 Å². The van der Waals surface area contributed by atoms with E-state index in [0.717, 1.165) is 6.07 Å². The molecule has 1 rings (SSSR count). The number of nitrogen functional groups attached to an aromatic ring is 1. The first-order chi connectivity index (χ1) is 5.11. The van der Waals surface area contributed by atoms with E-state index >= 15 is 0 Å². The SMILES string of the molecule is N=C(N)c1ccc(C(F)F)o1. The Bertz CT molecular complexity index is 269. The average molecular weight is 160 g/mol. The summed E-state index contributed by atoms with van der Waals surface area (Å²) < 4.78 is 28.2. The van der Waals surface area contributed by atoms with Crippen LogP contribution in [0.1, 0.15) is 17.9 Å². The van der Waals surface area contributed by atoms with E-state index < -0.39 is 12.2 Å². The van der Waals surface area contributed by atoms with Crippen LogP contribution in [0.2, 0.25) is 0 Å². The summed E-state index contributed by atoms with van der Waals surface area (Å²) >= 11 is 0. The van der Waals surface area contributed by atoms with Gasteiger partial charge >= 0.3 is 0 Å². The fourth-order valence-corrected chi connectivity index (χ4v) is 0.615. The maximum Gasteiger partial charge on any atom is 0.295 e. The van der Waals surface area contributed by atoms with Crippen LogP contribution in [0, 0.1) is 5.41 Å². The topological polar surface area (TPSA) is 63.0 Å². The van der Waals surface area contributed by atoms with Crippen molar-refractivity contribution in [2.45, 2.75) is 6.43 Å². The van der Waals surface area contributed by atoms with Crippen LogP contribution in [0.25, 0.3) is 0 Å². The van der Waals surface area contributed by atoms with Crippen molar-refractivity contribution < 1.29 is 13.2 Å². The van der Waals surface area contributed by atoms with Gasteiger partial charge in [-0.1, -0.05) is 0 Å². The van der Waals surface area contributed by atoms with Crippen molar-refractivity contribution in [1.82, 2.24) is 0 Å². The Labute approximate surface area is 61.3 Å². The van der Waals surface area contributed by atoms with Crippen molar-refractivity contribution in [1.29, 1.82) is 5.41 Å². The Kier molecular flexibility index (Phi) is 1.89. The van der Waals surface area contributed by atoms with Crippen molar-refractivity contribution in [2.24, 2.45) is 5.73 Å². The summed E-state index contributed by atoms with van der Waals surface area (Å²) in [6.45, 7) is 0. The zero-order valence-corrected chi connectivity index (χ0v) is 5.47. The fourth-order valence-electron chi connectivity index (χ4n) is 0.615. The molecule has 0 unspecified atom stereocenters. The highest BCUT2D eigenvalue weighted by Gasteiger charge is 2.12. The third-order valence-electron chi connectivity index (χ3n) is 1.11. The van der Waals surface area contributed by atoms with E-state index in [1.54, 1.807) is 0 Å². The van der Waals surface area contributed by atoms with Crippen LogP contribution in [0.4, 0.5) is 8.78 Å². The number of amidine groups is 1. The van der Waals surface area contributed by atoms with Crippen molar-refractivity contribution >= 4 is 5.84 Å². The van der Waals surface area contributed by atoms with Gasteiger partial charge in [-0.25, -0.2) is 8.78 Å². The second-order valence-electron chi connectivity index (χ2n) is 1.92. The van der Waals surface area contributed by atoms with E-state index in [9.17, 15) is 8.78 Å². The minimum atomic E-state index is -2.65. The van der Waals surface area contributed by atoms with Gasteiger partial charge in [0, 0.05) is 0 Å². The Morgan fingerprint density at radius 3 is 2.45 bits per heavy atom. The first kappa shape index (κ1) is 7.71. The Morgan fingerprint density at radius 2 is 2.18 bits per heavy atom. The van der Waals surface area contributed by atoms with Crippen molar-refractivity contribution in [3.63, 3.8) is 0 Å². The quantitative estimate of drug-likeness (QED) is 0.508. The highest BCUT2D eigenvalue weighted by atomic mass is 19.3. The molecule has 0 aromatic carbocycles. The molecule has 3 N–H and O–H groups in total. The number of furan rings is 1. The summed E-state index contributed by atoms with van der Waals surface area (Å²) in [6, 6.07) is 2.34. The molecule has 0 fully saturated rings. The smallest absolute Gasteiger partial charge is 0.295 e. The molecule has 0 amide bonds. The lowest BCUT2D eigenvalue weighted by atomic mass is 10.4. The van der Waals surface area contributed by atoms with Gasteiger partial charge in [0.2, 0.25) is 0 Å². The fraction of sp³-hybridized carbons (Fsp3) is 0.167. The van der Waals surface area contributed by atoms with E-state index in [1.165, 1.54) is 6.07 Å². The van der Waals surface area contributed by atoms with Gasteiger partial charge in [0.25, 0.3) is 6.43 Å². The van der Waals surface area contributed by atoms with E-state index in [0.29, 0.717) is 0 Å². The van der Waals surface area contributed by atoms with Crippen LogP contribution in [0.3, 0.4) is 0 Å². The van der Waals surface area contributed by atoms with Crippen molar-refractivity contribution in [2.75, 3.05) is 0 Å². The molecule has 0 aliphatic rings. The number of alkyl halides is 2. The summed E-state index contributed by atoms with van der Waals surface area (Å²) in [5.41, 5.74) is 4.97. The number of rotatable bonds is 2. The third kappa shape index (κ3) is 1.54. The first-order valence-electron chi connectivity index (χ1n) is 2.83. The zero-order valence-electron chi connectivity index (χ0n) is 5.47. The van der Waals surface area contributed by atoms with Gasteiger partial charge in [0.05, 0.1) is 0 Å². The molecule has 1 aromatic heterocycles. The molecule has 3 nitrogen and oxygen atoms in total. The normalized spacial score (nSPS) is 10.5. The van der Waals surface area contributed by atoms with E-state index in [1.807, 2.05) is 0 Å². The largest absolute Gasteiger partial charge is 0.452 e. The number of halogens is 2. The van der Waals surface area contributed by atoms with Gasteiger partial charge in [-0.05, 0) is 12.1 Å². The van der Waals surface area contributed by atoms with Crippen LogP contribution < -0.4 is 5.73 Å². The summed E-state index contributed by atoms with van der Waals surface area (Å²) in [4.78, 5) is 0. The number of hydrogen-bond acceptors (Lipinski definition) is 2. The van der Waals surface area contributed by atoms with Gasteiger partial charge in [0.1, 0.15) is 0 Å². The molecule has 0 aliphatic carbocycles. The highest BCUT2D eigenvalue weighted by Crippen LogP contribution is 2.20. The first-order valence-corrected chi connectivity index (χ1v) is 2.83. The molecule has 5 heteroatoms. The molecule has 0 radical (unpaired) electrons. The van der Waals surface area contributed by atoms with Gasteiger partial charge in [-0.2, -0.15) is 0 Å². The predicted octanol–water partition coefficient (Wildman–Crippen LogP) is 1.50. The summed E-state index contributed by atoms with van der Waals surface area (Å²) in [5.74, 6) is -0.840. The van der Waals surface area contributed by atoms with Gasteiger partial charge < -0.3 is 10.2 Å². The van der Waals surface area contributed by atoms with E-state index in [-0.39, 0.29) is 11.6 Å². The van der Waals surface area contributed by atoms with Crippen molar-refractivity contribution in [3.8, 4) is 0 Å². The zero-order chi connectivity index (χ0) is 8.43. The van der Waals surface area contributed by atoms with Crippen LogP contribution in [0.5, 0.6) is 0 Å². The second-order valence-corrected chi connectivity index (χ2v) is 1.92. The number of nitrogens with one attached hydrogen (secondary N) is 1. The molecule has 0 bridgehead atoms. The summed E-state index contributed by atoms with van der Waals surface area (Å²) in [5, 5.41) is 6.83. The highest BCUT2D eigenvalue weighted by molar-refractivity contribution is 5.92. The molecule has 0 atom stereocenters. The maximum atomic E-state index is 11.8. The second kappa shape index (κ2) is 2.69. The molecule has 0 saturated heterocycles. The maximum absolute atomic E-state index is 11.8. The summed E-state index contributed by atoms with van der Waals surface area (Å²) in [6.07, 6.45) is -2.65. The Hall–Kier alpha value is -1.39. The monoisotopic (exact) mass is 160 g/mol. The molecular weight excluding hydrogens is 154 g/mol. The van der Waals surface area contributed by atoms with Gasteiger partial charge in [-0.15, -0.1) is 0 Å². The lowest BCUT2D eigenvalue weighted by Gasteiger charge is -1.91. The average Bonchev–Trinajstić information content (AvgIpc) is 2.33. The molecule has 0 aliphatic heterocycles. The van der Waals surface area contributed by atoms with Crippen LogP contribution in [-0.2, 0) is 0 Å². The molecule has 60 valence electrons. The molecule has 1 heterocycles. The lowest BCUT2D eigenvalue weighted by Crippen LogP contribution is -2.09. The van der Waals surface area contributed by atoms with E-state index in [4.69, 9.17) is 11.1 Å². The summed E-state index contributed by atoms with van der Waals surface area (Å²) in [7, 11) is 0. The molecule has 0 saturated carbocycles. The molecule has 11 heavy (non-hydrogen) atoms. The Balaban J connectivity index is 2.90. The van der Waals surface area contributed by atoms with Gasteiger partial charge in [-0.3, -0.25) is 5.41 Å². The third-order valence-corrected chi connectivity index (χ3v) is 1.11. The van der Waals surface area contributed by atoms with Gasteiger partial charge in [0.15, 0.2) is 17.4 Å². The molecular formula is C6H6F2N2O. The minimum Gasteiger partial charge on any atom is -0.452 e. The predicted molar refractivity (Wildman–Crippen MR) is 34.7 cm³/mol. The standard InChI is InChI=1S/C6H6F2N2O/c7-5(8)3-1-2-4(11-3)6(9)10/h1-2,5H,(H3,9,10).